The zero-order valence-corrected chi connectivity index (χ0v) is 9.92. The third-order valence-corrected chi connectivity index (χ3v) is 2.21. The van der Waals surface area contributed by atoms with Crippen LogP contribution in [0.2, 0.25) is 5.02 Å². The van der Waals surface area contributed by atoms with E-state index < -0.39 is 0 Å². The van der Waals surface area contributed by atoms with E-state index >= 15 is 0 Å². The molecule has 3 nitrogen and oxygen atoms in total. The van der Waals surface area contributed by atoms with Gasteiger partial charge in [0, 0.05) is 23.7 Å². The summed E-state index contributed by atoms with van der Waals surface area (Å²) in [6.07, 6.45) is 3.61. The van der Waals surface area contributed by atoms with Gasteiger partial charge in [0.25, 0.3) is 5.91 Å². The smallest absolute Gasteiger partial charge is 0.251 e. The first-order valence-corrected chi connectivity index (χ1v) is 5.41. The molecule has 0 fully saturated rings. The van der Waals surface area contributed by atoms with Crippen molar-refractivity contribution in [1.29, 1.82) is 0 Å². The van der Waals surface area contributed by atoms with E-state index in [1.54, 1.807) is 18.2 Å². The van der Waals surface area contributed by atoms with E-state index in [4.69, 9.17) is 17.3 Å². The van der Waals surface area contributed by atoms with Crippen LogP contribution in [0.25, 0.3) is 0 Å². The molecule has 0 radical (unpaired) electrons. The number of nitrogens with one attached hydrogen (secondary N) is 1. The molecule has 0 spiro atoms. The summed E-state index contributed by atoms with van der Waals surface area (Å²) >= 11 is 5.87. The highest BCUT2D eigenvalue weighted by atomic mass is 35.5. The van der Waals surface area contributed by atoms with Crippen molar-refractivity contribution in [3.63, 3.8) is 0 Å². The average molecular weight is 239 g/mol. The molecule has 0 unspecified atom stereocenters. The van der Waals surface area contributed by atoms with Crippen LogP contribution >= 0.6 is 11.6 Å². The predicted molar refractivity (Wildman–Crippen MR) is 66.7 cm³/mol. The van der Waals surface area contributed by atoms with Gasteiger partial charge in [0.1, 0.15) is 0 Å². The third-order valence-electron chi connectivity index (χ3n) is 1.99. The lowest BCUT2D eigenvalue weighted by Crippen LogP contribution is -2.23. The Morgan fingerprint density at radius 3 is 2.81 bits per heavy atom. The molecule has 0 aliphatic heterocycles. The van der Waals surface area contributed by atoms with Crippen LogP contribution in [0.15, 0.2) is 30.4 Å². The molecule has 3 N–H and O–H groups in total. The standard InChI is InChI=1S/C12H15ClN2O/c1-9-6-10(8-11(13)7-9)12(16)15-5-3-2-4-14/h2-3,6-8H,4-5,14H2,1H3,(H,15,16)/b3-2+. The monoisotopic (exact) mass is 238 g/mol. The summed E-state index contributed by atoms with van der Waals surface area (Å²) in [5.74, 6) is -0.132. The molecule has 0 saturated carbocycles. The number of rotatable bonds is 4. The van der Waals surface area contributed by atoms with Gasteiger partial charge in [0.15, 0.2) is 0 Å². The minimum absolute atomic E-state index is 0.132. The van der Waals surface area contributed by atoms with E-state index in [1.807, 2.05) is 19.1 Å². The van der Waals surface area contributed by atoms with Gasteiger partial charge in [-0.3, -0.25) is 4.79 Å². The first-order chi connectivity index (χ1) is 7.63. The van der Waals surface area contributed by atoms with E-state index in [9.17, 15) is 4.79 Å². The molecule has 0 aromatic heterocycles. The van der Waals surface area contributed by atoms with E-state index in [1.165, 1.54) is 0 Å². The van der Waals surface area contributed by atoms with Gasteiger partial charge in [-0.1, -0.05) is 23.8 Å². The summed E-state index contributed by atoms with van der Waals surface area (Å²) in [6.45, 7) is 2.85. The number of nitrogens with two attached hydrogens (primary N) is 1. The topological polar surface area (TPSA) is 55.1 Å². The zero-order valence-electron chi connectivity index (χ0n) is 9.16. The second kappa shape index (κ2) is 6.30. The summed E-state index contributed by atoms with van der Waals surface area (Å²) in [4.78, 5) is 11.7. The Morgan fingerprint density at radius 2 is 2.19 bits per heavy atom. The van der Waals surface area contributed by atoms with Gasteiger partial charge < -0.3 is 11.1 Å². The lowest BCUT2D eigenvalue weighted by atomic mass is 10.1. The van der Waals surface area contributed by atoms with Gasteiger partial charge in [-0.2, -0.15) is 0 Å². The molecule has 86 valence electrons. The summed E-state index contributed by atoms with van der Waals surface area (Å²) in [7, 11) is 0. The van der Waals surface area contributed by atoms with Crippen molar-refractivity contribution in [2.75, 3.05) is 13.1 Å². The first-order valence-electron chi connectivity index (χ1n) is 5.04. The van der Waals surface area contributed by atoms with Crippen LogP contribution in [0.5, 0.6) is 0 Å². The number of hydrogen-bond donors (Lipinski definition) is 2. The molecule has 0 atom stereocenters. The summed E-state index contributed by atoms with van der Waals surface area (Å²) in [5, 5.41) is 3.32. The van der Waals surface area contributed by atoms with Gasteiger partial charge in [-0.25, -0.2) is 0 Å². The van der Waals surface area contributed by atoms with Crippen molar-refractivity contribution < 1.29 is 4.79 Å². The number of benzene rings is 1. The fraction of sp³-hybridized carbons (Fsp3) is 0.250. The molecular weight excluding hydrogens is 224 g/mol. The van der Waals surface area contributed by atoms with Crippen molar-refractivity contribution >= 4 is 17.5 Å². The van der Waals surface area contributed by atoms with Gasteiger partial charge in [0.2, 0.25) is 0 Å². The number of aryl methyl sites for hydroxylation is 1. The van der Waals surface area contributed by atoms with E-state index in [0.717, 1.165) is 5.56 Å². The maximum absolute atomic E-state index is 11.7. The Kier molecular flexibility index (Phi) is 5.02. The number of halogens is 1. The average Bonchev–Trinajstić information content (AvgIpc) is 2.22. The maximum atomic E-state index is 11.7. The fourth-order valence-electron chi connectivity index (χ4n) is 1.30. The zero-order chi connectivity index (χ0) is 12.0. The molecule has 0 saturated heterocycles. The molecule has 0 heterocycles. The molecule has 1 rings (SSSR count). The third kappa shape index (κ3) is 4.04. The Hall–Kier alpha value is -1.32. The van der Waals surface area contributed by atoms with Crippen LogP contribution < -0.4 is 11.1 Å². The van der Waals surface area contributed by atoms with E-state index in [-0.39, 0.29) is 5.91 Å². The summed E-state index contributed by atoms with van der Waals surface area (Å²) < 4.78 is 0. The largest absolute Gasteiger partial charge is 0.349 e. The molecular formula is C12H15ClN2O. The van der Waals surface area contributed by atoms with Crippen LogP contribution in [0.1, 0.15) is 15.9 Å². The van der Waals surface area contributed by atoms with Gasteiger partial charge >= 0.3 is 0 Å². The van der Waals surface area contributed by atoms with Crippen molar-refractivity contribution in [3.05, 3.63) is 46.5 Å². The van der Waals surface area contributed by atoms with Crippen molar-refractivity contribution in [2.24, 2.45) is 5.73 Å². The minimum atomic E-state index is -0.132. The number of carbonyl (C=O) groups is 1. The molecule has 0 aliphatic carbocycles. The van der Waals surface area contributed by atoms with Gasteiger partial charge in [0.05, 0.1) is 0 Å². The molecule has 4 heteroatoms. The second-order valence-electron chi connectivity index (χ2n) is 3.43. The Balaban J connectivity index is 2.62. The number of carbonyl (C=O) groups excluding carboxylic acids is 1. The van der Waals surface area contributed by atoms with Crippen LogP contribution in [0.4, 0.5) is 0 Å². The number of amides is 1. The van der Waals surface area contributed by atoms with Crippen LogP contribution in [-0.2, 0) is 0 Å². The molecule has 1 aromatic rings. The maximum Gasteiger partial charge on any atom is 0.251 e. The summed E-state index contributed by atoms with van der Waals surface area (Å²) in [6, 6.07) is 5.26. The molecule has 1 amide bonds. The summed E-state index contributed by atoms with van der Waals surface area (Å²) in [5.41, 5.74) is 6.82. The van der Waals surface area contributed by atoms with Crippen LogP contribution in [-0.4, -0.2) is 19.0 Å². The van der Waals surface area contributed by atoms with Crippen LogP contribution in [0.3, 0.4) is 0 Å². The quantitative estimate of drug-likeness (QED) is 0.788. The molecule has 1 aromatic carbocycles. The fourth-order valence-corrected chi connectivity index (χ4v) is 1.59. The first kappa shape index (κ1) is 12.7. The Bertz CT molecular complexity index is 382. The van der Waals surface area contributed by atoms with Crippen molar-refractivity contribution in [2.45, 2.75) is 6.92 Å². The van der Waals surface area contributed by atoms with Crippen LogP contribution in [0, 0.1) is 6.92 Å². The minimum Gasteiger partial charge on any atom is -0.349 e. The lowest BCUT2D eigenvalue weighted by Gasteiger charge is -2.04. The van der Waals surface area contributed by atoms with E-state index in [0.29, 0.717) is 23.7 Å². The number of hydrogen-bond acceptors (Lipinski definition) is 2. The van der Waals surface area contributed by atoms with Gasteiger partial charge in [-0.15, -0.1) is 0 Å². The van der Waals surface area contributed by atoms with Crippen molar-refractivity contribution in [1.82, 2.24) is 5.32 Å². The Morgan fingerprint density at radius 1 is 1.44 bits per heavy atom. The normalized spacial score (nSPS) is 10.7. The highest BCUT2D eigenvalue weighted by molar-refractivity contribution is 6.31. The van der Waals surface area contributed by atoms with Crippen molar-refractivity contribution in [3.8, 4) is 0 Å². The molecule has 0 bridgehead atoms. The van der Waals surface area contributed by atoms with E-state index in [2.05, 4.69) is 5.32 Å². The highest BCUT2D eigenvalue weighted by Crippen LogP contribution is 2.14. The lowest BCUT2D eigenvalue weighted by molar-refractivity contribution is 0.0958. The Labute approximate surface area is 100 Å². The second-order valence-corrected chi connectivity index (χ2v) is 3.87. The predicted octanol–water partition coefficient (Wildman–Crippen LogP) is 1.89. The highest BCUT2D eigenvalue weighted by Gasteiger charge is 2.05. The molecule has 0 aliphatic rings. The SMILES string of the molecule is Cc1cc(Cl)cc(C(=O)NC/C=C/CN)c1. The van der Waals surface area contributed by atoms with Gasteiger partial charge in [-0.05, 0) is 30.7 Å². The molecule has 16 heavy (non-hydrogen) atoms.